The number of sulfone groups is 1. The fourth-order valence-corrected chi connectivity index (χ4v) is 4.85. The van der Waals surface area contributed by atoms with Crippen molar-refractivity contribution < 1.29 is 21.6 Å². The molecule has 1 fully saturated rings. The molecule has 1 heterocycles. The summed E-state index contributed by atoms with van der Waals surface area (Å²) in [6, 6.07) is 6.06. The van der Waals surface area contributed by atoms with Crippen molar-refractivity contribution in [1.82, 2.24) is 9.80 Å². The van der Waals surface area contributed by atoms with Gasteiger partial charge < -0.3 is 0 Å². The summed E-state index contributed by atoms with van der Waals surface area (Å²) < 4.78 is 62.8. The molecule has 1 atom stereocenters. The van der Waals surface area contributed by atoms with Crippen LogP contribution in [0.5, 0.6) is 0 Å². The molecule has 0 amide bonds. The highest BCUT2D eigenvalue weighted by atomic mass is 35.5. The van der Waals surface area contributed by atoms with Crippen LogP contribution in [0.1, 0.15) is 20.3 Å². The molecule has 0 aromatic heterocycles. The number of hydrogen-bond acceptors (Lipinski definition) is 4. The summed E-state index contributed by atoms with van der Waals surface area (Å²) >= 11 is 5.79. The zero-order valence-electron chi connectivity index (χ0n) is 15.5. The molecule has 27 heavy (non-hydrogen) atoms. The van der Waals surface area contributed by atoms with Crippen LogP contribution >= 0.6 is 11.6 Å². The molecule has 4 nitrogen and oxygen atoms in total. The van der Waals surface area contributed by atoms with Gasteiger partial charge in [-0.25, -0.2) is 8.42 Å². The monoisotopic (exact) mass is 426 g/mol. The van der Waals surface area contributed by atoms with Crippen molar-refractivity contribution in [2.45, 2.75) is 37.4 Å². The number of alkyl halides is 3. The maximum absolute atomic E-state index is 12.7. The van der Waals surface area contributed by atoms with Gasteiger partial charge in [0.2, 0.25) is 0 Å². The van der Waals surface area contributed by atoms with Gasteiger partial charge in [-0.3, -0.25) is 9.80 Å². The van der Waals surface area contributed by atoms with Crippen LogP contribution < -0.4 is 0 Å². The minimum atomic E-state index is -4.20. The number of rotatable bonds is 7. The number of halogens is 4. The van der Waals surface area contributed by atoms with Crippen molar-refractivity contribution in [2.75, 3.05) is 38.5 Å². The maximum atomic E-state index is 12.7. The van der Waals surface area contributed by atoms with E-state index in [-0.39, 0.29) is 22.6 Å². The lowest BCUT2D eigenvalue weighted by Gasteiger charge is -2.43. The molecule has 154 valence electrons. The number of benzene rings is 1. The van der Waals surface area contributed by atoms with Gasteiger partial charge in [-0.1, -0.05) is 25.4 Å². The van der Waals surface area contributed by atoms with Crippen LogP contribution in [-0.2, 0) is 9.84 Å². The minimum absolute atomic E-state index is 0.00220. The fourth-order valence-electron chi connectivity index (χ4n) is 3.43. The van der Waals surface area contributed by atoms with Gasteiger partial charge in [0, 0.05) is 30.7 Å². The molecule has 1 saturated heterocycles. The first-order valence-corrected chi connectivity index (χ1v) is 11.0. The second kappa shape index (κ2) is 9.11. The van der Waals surface area contributed by atoms with E-state index >= 15 is 0 Å². The molecule has 0 radical (unpaired) electrons. The van der Waals surface area contributed by atoms with E-state index in [1.807, 2.05) is 13.8 Å². The van der Waals surface area contributed by atoms with E-state index in [1.54, 1.807) is 12.1 Å². The number of hydrogen-bond donors (Lipinski definition) is 0. The summed E-state index contributed by atoms with van der Waals surface area (Å²) in [7, 11) is -3.39. The van der Waals surface area contributed by atoms with Gasteiger partial charge >= 0.3 is 6.18 Å². The third-order valence-corrected chi connectivity index (χ3v) is 6.89. The van der Waals surface area contributed by atoms with E-state index in [9.17, 15) is 21.6 Å². The Kier molecular flexibility index (Phi) is 7.58. The molecule has 1 aromatic carbocycles. The lowest BCUT2D eigenvalue weighted by molar-refractivity contribution is -0.152. The first-order chi connectivity index (χ1) is 12.5. The highest BCUT2D eigenvalue weighted by molar-refractivity contribution is 7.91. The summed E-state index contributed by atoms with van der Waals surface area (Å²) in [4.78, 5) is 3.79. The summed E-state index contributed by atoms with van der Waals surface area (Å²) in [5, 5.41) is 0.477. The fraction of sp³-hybridized carbons (Fsp3) is 0.667. The van der Waals surface area contributed by atoms with E-state index < -0.39 is 22.6 Å². The Hall–Kier alpha value is -0.830. The van der Waals surface area contributed by atoms with Crippen LogP contribution in [0.4, 0.5) is 13.2 Å². The Morgan fingerprint density at radius 2 is 1.81 bits per heavy atom. The van der Waals surface area contributed by atoms with Crippen molar-refractivity contribution in [1.29, 1.82) is 0 Å². The Morgan fingerprint density at radius 1 is 1.19 bits per heavy atom. The topological polar surface area (TPSA) is 40.6 Å². The Morgan fingerprint density at radius 3 is 2.37 bits per heavy atom. The van der Waals surface area contributed by atoms with Gasteiger partial charge in [-0.15, -0.1) is 0 Å². The Balaban J connectivity index is 1.91. The highest BCUT2D eigenvalue weighted by Crippen LogP contribution is 2.23. The van der Waals surface area contributed by atoms with Gasteiger partial charge in [0.25, 0.3) is 0 Å². The van der Waals surface area contributed by atoms with Crippen molar-refractivity contribution in [3.8, 4) is 0 Å². The van der Waals surface area contributed by atoms with E-state index in [1.165, 1.54) is 17.0 Å². The molecule has 0 saturated carbocycles. The van der Waals surface area contributed by atoms with Gasteiger partial charge in [-0.2, -0.15) is 13.2 Å². The average molecular weight is 427 g/mol. The second-order valence-corrected chi connectivity index (χ2v) is 9.87. The zero-order chi connectivity index (χ0) is 20.2. The van der Waals surface area contributed by atoms with E-state index in [2.05, 4.69) is 4.90 Å². The van der Waals surface area contributed by atoms with Gasteiger partial charge in [0.05, 0.1) is 17.2 Å². The van der Waals surface area contributed by atoms with Crippen molar-refractivity contribution >= 4 is 21.4 Å². The van der Waals surface area contributed by atoms with Crippen molar-refractivity contribution in [2.24, 2.45) is 5.92 Å². The standard InChI is InChI=1S/C18H26ClF3N2O2S/c1-14(2)17-12-23(13-18(20,21)22)9-10-24(17)8-3-11-27(25,26)16-6-4-15(19)5-7-16/h4-7,14,17H,3,8-13H2,1-2H3/t17-/m0/s1. The first-order valence-electron chi connectivity index (χ1n) is 8.99. The third kappa shape index (κ3) is 6.93. The van der Waals surface area contributed by atoms with Crippen molar-refractivity contribution in [3.63, 3.8) is 0 Å². The van der Waals surface area contributed by atoms with Crippen molar-refractivity contribution in [3.05, 3.63) is 29.3 Å². The molecule has 2 rings (SSSR count). The normalized spacial score (nSPS) is 20.3. The molecular weight excluding hydrogens is 401 g/mol. The minimum Gasteiger partial charge on any atom is -0.298 e. The molecule has 1 aliphatic heterocycles. The molecule has 0 unspecified atom stereocenters. The van der Waals surface area contributed by atoms with Crippen LogP contribution in [0.15, 0.2) is 29.2 Å². The first kappa shape index (κ1) is 22.5. The number of piperazine rings is 1. The molecule has 0 bridgehead atoms. The largest absolute Gasteiger partial charge is 0.401 e. The lowest BCUT2D eigenvalue weighted by Crippen LogP contribution is -2.56. The molecule has 1 aromatic rings. The molecule has 1 aliphatic rings. The maximum Gasteiger partial charge on any atom is 0.401 e. The SMILES string of the molecule is CC(C)[C@@H]1CN(CC(F)(F)F)CCN1CCCS(=O)(=O)c1ccc(Cl)cc1. The zero-order valence-corrected chi connectivity index (χ0v) is 17.1. The smallest absolute Gasteiger partial charge is 0.298 e. The summed E-state index contributed by atoms with van der Waals surface area (Å²) in [6.45, 7) is 4.83. The molecule has 9 heteroatoms. The van der Waals surface area contributed by atoms with Crippen LogP contribution in [0.25, 0.3) is 0 Å². The van der Waals surface area contributed by atoms with Gasteiger partial charge in [0.1, 0.15) is 0 Å². The molecular formula is C18H26ClF3N2O2S. The number of nitrogens with zero attached hydrogens (tertiary/aromatic N) is 2. The third-order valence-electron chi connectivity index (χ3n) is 4.82. The molecule has 0 spiro atoms. The second-order valence-electron chi connectivity index (χ2n) is 7.32. The van der Waals surface area contributed by atoms with E-state index in [0.29, 0.717) is 37.6 Å². The van der Waals surface area contributed by atoms with Crippen LogP contribution in [0.3, 0.4) is 0 Å². The summed E-state index contributed by atoms with van der Waals surface area (Å²) in [5.74, 6) is 0.191. The summed E-state index contributed by atoms with van der Waals surface area (Å²) in [6.07, 6.45) is -3.76. The predicted molar refractivity (Wildman–Crippen MR) is 101 cm³/mol. The Bertz CT molecular complexity index is 708. The van der Waals surface area contributed by atoms with Crippen LogP contribution in [-0.4, -0.2) is 68.9 Å². The predicted octanol–water partition coefficient (Wildman–Crippen LogP) is 3.71. The quantitative estimate of drug-likeness (QED) is 0.666. The molecule has 0 N–H and O–H groups in total. The lowest BCUT2D eigenvalue weighted by atomic mass is 9.99. The van der Waals surface area contributed by atoms with Gasteiger partial charge in [-0.05, 0) is 43.1 Å². The van der Waals surface area contributed by atoms with E-state index in [4.69, 9.17) is 11.6 Å². The highest BCUT2D eigenvalue weighted by Gasteiger charge is 2.36. The van der Waals surface area contributed by atoms with E-state index in [0.717, 1.165) is 0 Å². The van der Waals surface area contributed by atoms with Crippen LogP contribution in [0.2, 0.25) is 5.02 Å². The summed E-state index contributed by atoms with van der Waals surface area (Å²) in [5.41, 5.74) is 0. The Labute approximate surface area is 164 Å². The van der Waals surface area contributed by atoms with Crippen LogP contribution in [0, 0.1) is 5.92 Å². The molecule has 0 aliphatic carbocycles. The van der Waals surface area contributed by atoms with Gasteiger partial charge in [0.15, 0.2) is 9.84 Å². The average Bonchev–Trinajstić information content (AvgIpc) is 2.54.